The van der Waals surface area contributed by atoms with Crippen LogP contribution in [0.5, 0.6) is 0 Å². The molecule has 0 aromatic heterocycles. The molecule has 0 radical (unpaired) electrons. The summed E-state index contributed by atoms with van der Waals surface area (Å²) in [5, 5.41) is 6.05. The maximum absolute atomic E-state index is 13.2. The predicted octanol–water partition coefficient (Wildman–Crippen LogP) is 5.47. The monoisotopic (exact) mass is 474 g/mol. The molecule has 176 valence electrons. The van der Waals surface area contributed by atoms with Crippen molar-refractivity contribution >= 4 is 23.0 Å². The average Bonchev–Trinajstić information content (AvgIpc) is 3.40. The van der Waals surface area contributed by atoms with Crippen molar-refractivity contribution < 1.29 is 14.3 Å². The molecule has 1 unspecified atom stereocenters. The molecule has 2 atom stereocenters. The third kappa shape index (κ3) is 6.07. The number of hydrogen-bond acceptors (Lipinski definition) is 5. The Labute approximate surface area is 205 Å². The van der Waals surface area contributed by atoms with Gasteiger partial charge in [0, 0.05) is 5.92 Å². The van der Waals surface area contributed by atoms with Gasteiger partial charge in [-0.2, -0.15) is 0 Å². The Morgan fingerprint density at radius 1 is 0.971 bits per heavy atom. The van der Waals surface area contributed by atoms with Crippen molar-refractivity contribution in [3.63, 3.8) is 0 Å². The number of carbonyl (C=O) groups excluding carboxylic acids is 2. The van der Waals surface area contributed by atoms with Gasteiger partial charge in [-0.3, -0.25) is 4.79 Å². The smallest absolute Gasteiger partial charge is 0.369 e. The lowest BCUT2D eigenvalue weighted by atomic mass is 9.85. The molecule has 1 amide bonds. The van der Waals surface area contributed by atoms with Gasteiger partial charge in [0.2, 0.25) is 5.91 Å². The first-order valence-electron chi connectivity index (χ1n) is 11.6. The van der Waals surface area contributed by atoms with Crippen LogP contribution in [0.1, 0.15) is 42.4 Å². The number of hydrogen-bond donors (Lipinski definition) is 2. The second-order valence-corrected chi connectivity index (χ2v) is 10.0. The molecule has 5 nitrogen and oxygen atoms in total. The average molecular weight is 475 g/mol. The highest BCUT2D eigenvalue weighted by molar-refractivity contribution is 8.14. The minimum absolute atomic E-state index is 0.0970. The molecule has 34 heavy (non-hydrogen) atoms. The summed E-state index contributed by atoms with van der Waals surface area (Å²) in [6, 6.07) is 29.3. The van der Waals surface area contributed by atoms with Crippen molar-refractivity contribution in [2.45, 2.75) is 43.2 Å². The van der Waals surface area contributed by atoms with Crippen molar-refractivity contribution in [3.8, 4) is 0 Å². The number of nitrogens with one attached hydrogen (secondary N) is 2. The van der Waals surface area contributed by atoms with Crippen LogP contribution in [0.15, 0.2) is 91.0 Å². The summed E-state index contributed by atoms with van der Waals surface area (Å²) in [4.78, 5) is 25.4. The van der Waals surface area contributed by atoms with Crippen LogP contribution in [-0.2, 0) is 16.1 Å². The van der Waals surface area contributed by atoms with E-state index in [1.165, 1.54) is 0 Å². The first kappa shape index (κ1) is 24.0. The molecular formula is C28H30N2O3S. The molecule has 0 spiro atoms. The van der Waals surface area contributed by atoms with Gasteiger partial charge in [-0.05, 0) is 54.8 Å². The van der Waals surface area contributed by atoms with Crippen molar-refractivity contribution in [1.82, 2.24) is 10.6 Å². The highest BCUT2D eigenvalue weighted by Gasteiger charge is 2.42. The Balaban J connectivity index is 1.64. The van der Waals surface area contributed by atoms with E-state index in [1.807, 2.05) is 97.9 Å². The van der Waals surface area contributed by atoms with Crippen molar-refractivity contribution in [3.05, 3.63) is 108 Å². The fraction of sp³-hybridized carbons (Fsp3) is 0.286. The zero-order valence-corrected chi connectivity index (χ0v) is 20.1. The Hall–Kier alpha value is -3.09. The summed E-state index contributed by atoms with van der Waals surface area (Å²) >= 11 is 1.03. The van der Waals surface area contributed by atoms with Crippen LogP contribution >= 0.6 is 11.8 Å². The van der Waals surface area contributed by atoms with Crippen LogP contribution < -0.4 is 10.6 Å². The third-order valence-electron chi connectivity index (χ3n) is 6.06. The summed E-state index contributed by atoms with van der Waals surface area (Å²) in [6.45, 7) is 2.92. The first-order chi connectivity index (χ1) is 16.5. The van der Waals surface area contributed by atoms with Gasteiger partial charge >= 0.3 is 5.30 Å². The minimum atomic E-state index is -0.974. The van der Waals surface area contributed by atoms with Crippen molar-refractivity contribution in [1.29, 1.82) is 0 Å². The van der Waals surface area contributed by atoms with E-state index in [0.717, 1.165) is 47.8 Å². The van der Waals surface area contributed by atoms with Crippen molar-refractivity contribution in [2.24, 2.45) is 0 Å². The zero-order valence-electron chi connectivity index (χ0n) is 19.3. The molecule has 1 saturated heterocycles. The fourth-order valence-corrected chi connectivity index (χ4v) is 5.44. The van der Waals surface area contributed by atoms with Gasteiger partial charge in [-0.1, -0.05) is 91.0 Å². The van der Waals surface area contributed by atoms with E-state index in [9.17, 15) is 9.59 Å². The van der Waals surface area contributed by atoms with E-state index in [0.29, 0.717) is 0 Å². The summed E-state index contributed by atoms with van der Waals surface area (Å²) < 4.78 is 5.61. The van der Waals surface area contributed by atoms with Gasteiger partial charge in [-0.15, -0.1) is 0 Å². The molecule has 1 aliphatic heterocycles. The number of thioether (sulfide) groups is 1. The van der Waals surface area contributed by atoms with E-state index < -0.39 is 10.2 Å². The lowest BCUT2D eigenvalue weighted by Crippen LogP contribution is -2.53. The highest BCUT2D eigenvalue weighted by Crippen LogP contribution is 2.43. The molecular weight excluding hydrogens is 444 g/mol. The number of ether oxygens (including phenoxy) is 1. The van der Waals surface area contributed by atoms with E-state index in [-0.39, 0.29) is 24.5 Å². The van der Waals surface area contributed by atoms with Gasteiger partial charge in [0.15, 0.2) is 0 Å². The zero-order chi connectivity index (χ0) is 23.8. The summed E-state index contributed by atoms with van der Waals surface area (Å²) in [6.07, 6.45) is 1.74. The van der Waals surface area contributed by atoms with Crippen LogP contribution in [-0.4, -0.2) is 28.7 Å². The van der Waals surface area contributed by atoms with E-state index >= 15 is 0 Å². The molecule has 4 rings (SSSR count). The van der Waals surface area contributed by atoms with Crippen LogP contribution in [0.25, 0.3) is 0 Å². The van der Waals surface area contributed by atoms with E-state index in [4.69, 9.17) is 4.74 Å². The fourth-order valence-electron chi connectivity index (χ4n) is 4.44. The van der Waals surface area contributed by atoms with Crippen LogP contribution in [0.3, 0.4) is 0 Å². The molecule has 0 aliphatic carbocycles. The van der Waals surface area contributed by atoms with E-state index in [1.54, 1.807) is 0 Å². The van der Waals surface area contributed by atoms with E-state index in [2.05, 4.69) is 10.6 Å². The largest absolute Gasteiger partial charge is 0.453 e. The molecule has 0 saturated carbocycles. The molecule has 1 aliphatic rings. The van der Waals surface area contributed by atoms with Gasteiger partial charge < -0.3 is 15.4 Å². The quantitative estimate of drug-likeness (QED) is 0.335. The first-order valence-corrected chi connectivity index (χ1v) is 12.4. The second kappa shape index (κ2) is 11.4. The third-order valence-corrected chi connectivity index (χ3v) is 7.11. The molecule has 1 heterocycles. The normalized spacial score (nSPS) is 17.2. The Morgan fingerprint density at radius 3 is 2.06 bits per heavy atom. The number of benzene rings is 3. The Bertz CT molecular complexity index is 1030. The van der Waals surface area contributed by atoms with Gasteiger partial charge in [0.1, 0.15) is 11.5 Å². The SMILES string of the molecule is CC(NC(=O)[C@@H]1CCCN1)(SC(=O)OCc1ccccc1)C(c1ccccc1)c1ccccc1. The van der Waals surface area contributed by atoms with Crippen LogP contribution in [0.4, 0.5) is 4.79 Å². The second-order valence-electron chi connectivity index (χ2n) is 8.63. The lowest BCUT2D eigenvalue weighted by Gasteiger charge is -2.38. The summed E-state index contributed by atoms with van der Waals surface area (Å²) in [7, 11) is 0. The minimum Gasteiger partial charge on any atom is -0.453 e. The maximum atomic E-state index is 13.2. The molecule has 2 N–H and O–H groups in total. The molecule has 3 aromatic carbocycles. The van der Waals surface area contributed by atoms with Gasteiger partial charge in [-0.25, -0.2) is 4.79 Å². The maximum Gasteiger partial charge on any atom is 0.369 e. The number of amides is 1. The number of carbonyl (C=O) groups is 2. The predicted molar refractivity (Wildman–Crippen MR) is 137 cm³/mol. The van der Waals surface area contributed by atoms with Crippen LogP contribution in [0, 0.1) is 0 Å². The standard InChI is InChI=1S/C28H30N2O3S/c1-28(30-26(31)24-18-11-19-29-24,34-27(32)33-20-21-12-5-2-6-13-21)25(22-14-7-3-8-15-22)23-16-9-4-10-17-23/h2-10,12-17,24-25,29H,11,18-20H2,1H3,(H,30,31)/t24-,28?/m0/s1. The van der Waals surface area contributed by atoms with Crippen LogP contribution in [0.2, 0.25) is 0 Å². The Kier molecular flexibility index (Phi) is 8.03. The van der Waals surface area contributed by atoms with Gasteiger partial charge in [0.25, 0.3) is 0 Å². The van der Waals surface area contributed by atoms with Crippen molar-refractivity contribution in [2.75, 3.05) is 6.54 Å². The topological polar surface area (TPSA) is 67.4 Å². The van der Waals surface area contributed by atoms with Gasteiger partial charge in [0.05, 0.1) is 6.04 Å². The lowest BCUT2D eigenvalue weighted by molar-refractivity contribution is -0.123. The number of rotatable bonds is 8. The molecule has 3 aromatic rings. The Morgan fingerprint density at radius 2 is 1.53 bits per heavy atom. The molecule has 1 fully saturated rings. The highest BCUT2D eigenvalue weighted by atomic mass is 32.2. The summed E-state index contributed by atoms with van der Waals surface area (Å²) in [5.74, 6) is -0.366. The molecule has 0 bridgehead atoms. The molecule has 6 heteroatoms. The summed E-state index contributed by atoms with van der Waals surface area (Å²) in [5.41, 5.74) is 2.94.